The minimum atomic E-state index is -0.143. The van der Waals surface area contributed by atoms with Gasteiger partial charge in [-0.25, -0.2) is 4.98 Å². The van der Waals surface area contributed by atoms with Gasteiger partial charge >= 0.3 is 0 Å². The van der Waals surface area contributed by atoms with E-state index in [4.69, 9.17) is 0 Å². The van der Waals surface area contributed by atoms with Crippen LogP contribution in [-0.2, 0) is 4.79 Å². The molecule has 0 N–H and O–H groups in total. The van der Waals surface area contributed by atoms with Crippen LogP contribution in [-0.4, -0.2) is 57.8 Å². The van der Waals surface area contributed by atoms with Gasteiger partial charge in [0.15, 0.2) is 0 Å². The van der Waals surface area contributed by atoms with Crippen molar-refractivity contribution in [1.29, 1.82) is 0 Å². The van der Waals surface area contributed by atoms with E-state index in [2.05, 4.69) is 16.9 Å². The molecule has 120 valence electrons. The molecule has 1 aromatic heterocycles. The largest absolute Gasteiger partial charge is 0.343 e. The predicted octanol–water partition coefficient (Wildman–Crippen LogP) is 1.73. The normalized spacial score (nSPS) is 14.1. The lowest BCUT2D eigenvalue weighted by Gasteiger charge is -2.23. The van der Waals surface area contributed by atoms with E-state index in [1.807, 2.05) is 4.90 Å². The van der Waals surface area contributed by atoms with Crippen LogP contribution in [0.25, 0.3) is 0 Å². The highest BCUT2D eigenvalue weighted by atomic mass is 16.2. The van der Waals surface area contributed by atoms with E-state index < -0.39 is 0 Å². The van der Waals surface area contributed by atoms with Crippen molar-refractivity contribution in [3.05, 3.63) is 24.3 Å². The van der Waals surface area contributed by atoms with Crippen LogP contribution in [0.3, 0.4) is 0 Å². The molecule has 22 heavy (non-hydrogen) atoms. The third kappa shape index (κ3) is 4.51. The van der Waals surface area contributed by atoms with Crippen molar-refractivity contribution in [2.24, 2.45) is 0 Å². The highest BCUT2D eigenvalue weighted by molar-refractivity contribution is 5.92. The average Bonchev–Trinajstić information content (AvgIpc) is 3.09. The van der Waals surface area contributed by atoms with Gasteiger partial charge in [-0.05, 0) is 19.3 Å². The summed E-state index contributed by atoms with van der Waals surface area (Å²) in [4.78, 5) is 36.2. The van der Waals surface area contributed by atoms with E-state index >= 15 is 0 Å². The summed E-state index contributed by atoms with van der Waals surface area (Å²) >= 11 is 0. The Morgan fingerprint density at radius 2 is 2.00 bits per heavy atom. The lowest BCUT2D eigenvalue weighted by molar-refractivity contribution is -0.130. The molecule has 1 aliphatic rings. The average molecular weight is 304 g/mol. The monoisotopic (exact) mass is 304 g/mol. The molecule has 0 bridgehead atoms. The number of aromatic nitrogens is 2. The van der Waals surface area contributed by atoms with E-state index in [9.17, 15) is 9.59 Å². The van der Waals surface area contributed by atoms with Gasteiger partial charge in [0.25, 0.3) is 5.91 Å². The standard InChI is InChI=1S/C16H24N4O2/c1-2-3-9-20(16(22)14-13-17-7-8-18-14)12-6-15(21)19-10-4-5-11-19/h7-8,13H,2-6,9-12H2,1H3. The number of carbonyl (C=O) groups is 2. The SMILES string of the molecule is CCCCN(CCC(=O)N1CCCC1)C(=O)c1cnccn1. The summed E-state index contributed by atoms with van der Waals surface area (Å²) in [5, 5.41) is 0. The van der Waals surface area contributed by atoms with Crippen molar-refractivity contribution < 1.29 is 9.59 Å². The Morgan fingerprint density at radius 1 is 1.23 bits per heavy atom. The Kier molecular flexibility index (Phi) is 6.30. The molecule has 2 heterocycles. The van der Waals surface area contributed by atoms with Crippen LogP contribution in [0.1, 0.15) is 49.5 Å². The summed E-state index contributed by atoms with van der Waals surface area (Å²) in [7, 11) is 0. The van der Waals surface area contributed by atoms with Gasteiger partial charge in [0, 0.05) is 45.0 Å². The summed E-state index contributed by atoms with van der Waals surface area (Å²) in [5.41, 5.74) is 0.340. The van der Waals surface area contributed by atoms with Crippen LogP contribution in [0, 0.1) is 0 Å². The Balaban J connectivity index is 1.93. The number of rotatable bonds is 7. The molecule has 0 unspecified atom stereocenters. The lowest BCUT2D eigenvalue weighted by atomic mass is 10.2. The Morgan fingerprint density at radius 3 is 2.64 bits per heavy atom. The zero-order valence-electron chi connectivity index (χ0n) is 13.2. The van der Waals surface area contributed by atoms with Gasteiger partial charge < -0.3 is 9.80 Å². The van der Waals surface area contributed by atoms with Crippen LogP contribution in [0.5, 0.6) is 0 Å². The number of likely N-dealkylation sites (tertiary alicyclic amines) is 1. The minimum Gasteiger partial charge on any atom is -0.343 e. The number of hydrogen-bond acceptors (Lipinski definition) is 4. The number of nitrogens with zero attached hydrogens (tertiary/aromatic N) is 4. The highest BCUT2D eigenvalue weighted by Gasteiger charge is 2.21. The first kappa shape index (κ1) is 16.4. The van der Waals surface area contributed by atoms with Gasteiger partial charge in [-0.3, -0.25) is 14.6 Å². The van der Waals surface area contributed by atoms with E-state index in [1.165, 1.54) is 12.4 Å². The van der Waals surface area contributed by atoms with Gasteiger partial charge in [-0.2, -0.15) is 0 Å². The van der Waals surface area contributed by atoms with Crippen LogP contribution < -0.4 is 0 Å². The molecule has 1 saturated heterocycles. The number of unbranched alkanes of at least 4 members (excludes halogenated alkanes) is 1. The van der Waals surface area contributed by atoms with Crippen LogP contribution in [0.4, 0.5) is 0 Å². The van der Waals surface area contributed by atoms with E-state index in [0.29, 0.717) is 25.2 Å². The number of amides is 2. The summed E-state index contributed by atoms with van der Waals surface area (Å²) < 4.78 is 0. The number of hydrogen-bond donors (Lipinski definition) is 0. The van der Waals surface area contributed by atoms with Crippen molar-refractivity contribution >= 4 is 11.8 Å². The van der Waals surface area contributed by atoms with Crippen molar-refractivity contribution in [3.63, 3.8) is 0 Å². The molecule has 0 aliphatic carbocycles. The fraction of sp³-hybridized carbons (Fsp3) is 0.625. The Labute approximate surface area is 131 Å². The zero-order chi connectivity index (χ0) is 15.8. The summed E-state index contributed by atoms with van der Waals surface area (Å²) in [5.74, 6) is 0.00159. The van der Waals surface area contributed by atoms with Crippen molar-refractivity contribution in [2.45, 2.75) is 39.0 Å². The molecule has 2 amide bonds. The number of carbonyl (C=O) groups excluding carboxylic acids is 2. The molecule has 6 heteroatoms. The molecule has 0 radical (unpaired) electrons. The fourth-order valence-corrected chi connectivity index (χ4v) is 2.59. The van der Waals surface area contributed by atoms with Crippen LogP contribution in [0.2, 0.25) is 0 Å². The molecular formula is C16H24N4O2. The van der Waals surface area contributed by atoms with E-state index in [0.717, 1.165) is 38.8 Å². The maximum Gasteiger partial charge on any atom is 0.274 e. The molecule has 6 nitrogen and oxygen atoms in total. The molecule has 0 atom stereocenters. The highest BCUT2D eigenvalue weighted by Crippen LogP contribution is 2.10. The third-order valence-corrected chi connectivity index (χ3v) is 3.91. The van der Waals surface area contributed by atoms with Crippen LogP contribution >= 0.6 is 0 Å². The second-order valence-electron chi connectivity index (χ2n) is 5.57. The molecule has 1 fully saturated rings. The quantitative estimate of drug-likeness (QED) is 0.769. The van der Waals surface area contributed by atoms with Gasteiger partial charge in [0.2, 0.25) is 5.91 Å². The van der Waals surface area contributed by atoms with Crippen molar-refractivity contribution in [3.8, 4) is 0 Å². The maximum atomic E-state index is 12.5. The Hall–Kier alpha value is -1.98. The van der Waals surface area contributed by atoms with E-state index in [-0.39, 0.29) is 11.8 Å². The first-order valence-electron chi connectivity index (χ1n) is 8.05. The topological polar surface area (TPSA) is 66.4 Å². The zero-order valence-corrected chi connectivity index (χ0v) is 13.2. The smallest absolute Gasteiger partial charge is 0.274 e. The summed E-state index contributed by atoms with van der Waals surface area (Å²) in [6, 6.07) is 0. The first-order chi connectivity index (χ1) is 10.7. The maximum absolute atomic E-state index is 12.5. The third-order valence-electron chi connectivity index (χ3n) is 3.91. The van der Waals surface area contributed by atoms with Crippen LogP contribution in [0.15, 0.2) is 18.6 Å². The van der Waals surface area contributed by atoms with E-state index in [1.54, 1.807) is 11.1 Å². The molecule has 1 aromatic rings. The first-order valence-corrected chi connectivity index (χ1v) is 8.05. The second-order valence-corrected chi connectivity index (χ2v) is 5.57. The fourth-order valence-electron chi connectivity index (χ4n) is 2.59. The van der Waals surface area contributed by atoms with Gasteiger partial charge in [0.05, 0.1) is 6.20 Å². The second kappa shape index (κ2) is 8.46. The van der Waals surface area contributed by atoms with Gasteiger partial charge in [0.1, 0.15) is 5.69 Å². The molecule has 0 saturated carbocycles. The van der Waals surface area contributed by atoms with Crippen molar-refractivity contribution in [1.82, 2.24) is 19.8 Å². The predicted molar refractivity (Wildman–Crippen MR) is 83.3 cm³/mol. The molecular weight excluding hydrogens is 280 g/mol. The van der Waals surface area contributed by atoms with Gasteiger partial charge in [-0.1, -0.05) is 13.3 Å². The molecule has 2 rings (SSSR count). The molecule has 0 spiro atoms. The summed E-state index contributed by atoms with van der Waals surface area (Å²) in [6.07, 6.45) is 9.02. The van der Waals surface area contributed by atoms with Crippen molar-refractivity contribution in [2.75, 3.05) is 26.2 Å². The Bertz CT molecular complexity index is 486. The lowest BCUT2D eigenvalue weighted by Crippen LogP contribution is -2.37. The van der Waals surface area contributed by atoms with Gasteiger partial charge in [-0.15, -0.1) is 0 Å². The summed E-state index contributed by atoms with van der Waals surface area (Å²) in [6.45, 7) is 4.89. The minimum absolute atomic E-state index is 0.143. The molecule has 0 aromatic carbocycles. The molecule has 1 aliphatic heterocycles.